The molecule has 0 spiro atoms. The summed E-state index contributed by atoms with van der Waals surface area (Å²) in [5.41, 5.74) is 5.28. The Kier molecular flexibility index (Phi) is 4.85. The molecular weight excluding hydrogens is 356 g/mol. The van der Waals surface area contributed by atoms with E-state index in [0.29, 0.717) is 11.6 Å². The van der Waals surface area contributed by atoms with Crippen molar-refractivity contribution >= 4 is 27.0 Å². The molecule has 144 valence electrons. The monoisotopic (exact) mass is 384 g/mol. The predicted octanol–water partition coefficient (Wildman–Crippen LogP) is 5.15. The lowest BCUT2D eigenvalue weighted by Gasteiger charge is -2.46. The van der Waals surface area contributed by atoms with Gasteiger partial charge in [0.2, 0.25) is 0 Å². The maximum atomic E-state index is 12.7. The second-order valence-corrected chi connectivity index (χ2v) is 9.64. The van der Waals surface area contributed by atoms with E-state index >= 15 is 0 Å². The lowest BCUT2D eigenvalue weighted by Crippen LogP contribution is -2.47. The Balaban J connectivity index is 2.07. The van der Waals surface area contributed by atoms with Crippen molar-refractivity contribution < 1.29 is 8.42 Å². The van der Waals surface area contributed by atoms with Crippen LogP contribution in [-0.2, 0) is 10.0 Å². The molecule has 1 heterocycles. The molecule has 0 atom stereocenters. The van der Waals surface area contributed by atoms with E-state index in [0.717, 1.165) is 11.3 Å². The first-order valence-corrected chi connectivity index (χ1v) is 10.7. The summed E-state index contributed by atoms with van der Waals surface area (Å²) in [6, 6.07) is 14.2. The molecule has 1 aliphatic heterocycles. The largest absolute Gasteiger partial charge is 0.365 e. The maximum absolute atomic E-state index is 12.7. The summed E-state index contributed by atoms with van der Waals surface area (Å²) in [4.78, 5) is 2.54. The Morgan fingerprint density at radius 1 is 1.04 bits per heavy atom. The number of allylic oxidation sites excluding steroid dienone is 1. The Morgan fingerprint density at radius 3 is 2.26 bits per heavy atom. The number of fused-ring (bicyclic) bond motifs is 1. The number of nitrogens with one attached hydrogen (secondary N) is 1. The van der Waals surface area contributed by atoms with E-state index in [-0.39, 0.29) is 10.4 Å². The van der Waals surface area contributed by atoms with Gasteiger partial charge in [0.25, 0.3) is 10.0 Å². The number of hydrogen-bond donors (Lipinski definition) is 1. The lowest BCUT2D eigenvalue weighted by molar-refractivity contribution is 0.503. The van der Waals surface area contributed by atoms with Crippen molar-refractivity contribution in [3.63, 3.8) is 0 Å². The van der Waals surface area contributed by atoms with Gasteiger partial charge in [0.15, 0.2) is 0 Å². The lowest BCUT2D eigenvalue weighted by atomic mass is 9.76. The molecule has 27 heavy (non-hydrogen) atoms. The zero-order valence-corrected chi connectivity index (χ0v) is 17.7. The number of sulfonamides is 1. The van der Waals surface area contributed by atoms with Crippen molar-refractivity contribution in [1.82, 2.24) is 0 Å². The first-order chi connectivity index (χ1) is 12.6. The van der Waals surface area contributed by atoms with Gasteiger partial charge in [-0.05, 0) is 68.2 Å². The van der Waals surface area contributed by atoms with Gasteiger partial charge in [-0.3, -0.25) is 4.72 Å². The molecule has 0 fully saturated rings. The minimum atomic E-state index is -3.60. The van der Waals surface area contributed by atoms with Crippen LogP contribution in [0.3, 0.4) is 0 Å². The zero-order valence-electron chi connectivity index (χ0n) is 16.9. The minimum absolute atomic E-state index is 0.0870. The molecule has 5 heteroatoms. The van der Waals surface area contributed by atoms with Crippen molar-refractivity contribution in [2.45, 2.75) is 45.1 Å². The Morgan fingerprint density at radius 2 is 1.67 bits per heavy atom. The molecular formula is C22H28N2O2S. The highest BCUT2D eigenvalue weighted by Crippen LogP contribution is 2.46. The van der Waals surface area contributed by atoms with Crippen molar-refractivity contribution in [2.75, 3.05) is 16.7 Å². The summed E-state index contributed by atoms with van der Waals surface area (Å²) in [7, 11) is -1.50. The van der Waals surface area contributed by atoms with E-state index in [1.165, 1.54) is 11.1 Å². The SMILES string of the molecule is CC1=C(C(C)C)C(C)(C)N(C)c2ccc(NS(=O)(=O)c3ccccc3)cc21. The number of anilines is 2. The Labute approximate surface area is 163 Å². The van der Waals surface area contributed by atoms with Gasteiger partial charge >= 0.3 is 0 Å². The molecule has 0 saturated heterocycles. The molecule has 1 aliphatic rings. The van der Waals surface area contributed by atoms with Gasteiger partial charge in [0.05, 0.1) is 10.4 Å². The molecule has 0 aliphatic carbocycles. The third-order valence-corrected chi connectivity index (χ3v) is 6.94. The van der Waals surface area contributed by atoms with Crippen LogP contribution in [0.1, 0.15) is 40.2 Å². The predicted molar refractivity (Wildman–Crippen MR) is 114 cm³/mol. The van der Waals surface area contributed by atoms with Gasteiger partial charge in [-0.1, -0.05) is 32.0 Å². The standard InChI is InChI=1S/C22H28N2O2S/c1-15(2)21-16(3)19-14-17(12-13-20(19)24(6)22(21,4)5)23-27(25,26)18-10-8-7-9-11-18/h7-15,23H,1-6H3. The summed E-state index contributed by atoms with van der Waals surface area (Å²) in [6.45, 7) is 11.0. The topological polar surface area (TPSA) is 49.4 Å². The molecule has 2 aromatic carbocycles. The second-order valence-electron chi connectivity index (χ2n) is 7.96. The molecule has 3 rings (SSSR count). The van der Waals surface area contributed by atoms with Crippen LogP contribution in [0, 0.1) is 5.92 Å². The fourth-order valence-corrected chi connectivity index (χ4v) is 5.30. The van der Waals surface area contributed by atoms with Gasteiger partial charge in [-0.25, -0.2) is 8.42 Å². The fourth-order valence-electron chi connectivity index (χ4n) is 4.23. The fraction of sp³-hybridized carbons (Fsp3) is 0.364. The van der Waals surface area contributed by atoms with Gasteiger partial charge in [-0.2, -0.15) is 0 Å². The third-order valence-electron chi connectivity index (χ3n) is 5.55. The summed E-state index contributed by atoms with van der Waals surface area (Å²) >= 11 is 0. The van der Waals surface area contributed by atoms with Crippen LogP contribution in [0.15, 0.2) is 59.0 Å². The summed E-state index contributed by atoms with van der Waals surface area (Å²) < 4.78 is 28.0. The maximum Gasteiger partial charge on any atom is 0.261 e. The zero-order chi connectivity index (χ0) is 20.0. The van der Waals surface area contributed by atoms with Gasteiger partial charge in [0, 0.05) is 24.0 Å². The van der Waals surface area contributed by atoms with Crippen molar-refractivity contribution in [2.24, 2.45) is 5.92 Å². The molecule has 0 amide bonds. The van der Waals surface area contributed by atoms with Gasteiger partial charge < -0.3 is 4.90 Å². The number of likely N-dealkylation sites (N-methyl/N-ethyl adjacent to an activating group) is 1. The highest BCUT2D eigenvalue weighted by molar-refractivity contribution is 7.92. The molecule has 1 N–H and O–H groups in total. The molecule has 0 unspecified atom stereocenters. The molecule has 0 radical (unpaired) electrons. The molecule has 0 aromatic heterocycles. The average molecular weight is 385 g/mol. The van der Waals surface area contributed by atoms with Crippen LogP contribution in [0.25, 0.3) is 5.57 Å². The van der Waals surface area contributed by atoms with E-state index in [2.05, 4.69) is 51.3 Å². The summed E-state index contributed by atoms with van der Waals surface area (Å²) in [5.74, 6) is 0.403. The van der Waals surface area contributed by atoms with Crippen molar-refractivity contribution in [3.05, 3.63) is 59.7 Å². The normalized spacial score (nSPS) is 16.5. The minimum Gasteiger partial charge on any atom is -0.365 e. The Hall–Kier alpha value is -2.27. The average Bonchev–Trinajstić information content (AvgIpc) is 2.60. The molecule has 2 aromatic rings. The molecule has 0 saturated carbocycles. The Bertz CT molecular complexity index is 990. The van der Waals surface area contributed by atoms with E-state index in [1.54, 1.807) is 30.3 Å². The quantitative estimate of drug-likeness (QED) is 0.793. The van der Waals surface area contributed by atoms with Crippen LogP contribution >= 0.6 is 0 Å². The molecule has 0 bridgehead atoms. The van der Waals surface area contributed by atoms with Crippen LogP contribution in [0.2, 0.25) is 0 Å². The first kappa shape index (κ1) is 19.5. The van der Waals surface area contributed by atoms with Crippen molar-refractivity contribution in [1.29, 1.82) is 0 Å². The van der Waals surface area contributed by atoms with Gasteiger partial charge in [0.1, 0.15) is 0 Å². The van der Waals surface area contributed by atoms with Crippen LogP contribution in [0.4, 0.5) is 11.4 Å². The highest BCUT2D eigenvalue weighted by atomic mass is 32.2. The van der Waals surface area contributed by atoms with Crippen LogP contribution < -0.4 is 9.62 Å². The smallest absolute Gasteiger partial charge is 0.261 e. The van der Waals surface area contributed by atoms with Crippen molar-refractivity contribution in [3.8, 4) is 0 Å². The second kappa shape index (κ2) is 6.71. The molecule has 4 nitrogen and oxygen atoms in total. The number of benzene rings is 2. The van der Waals surface area contributed by atoms with E-state index in [9.17, 15) is 8.42 Å². The number of rotatable bonds is 4. The van der Waals surface area contributed by atoms with E-state index < -0.39 is 10.0 Å². The summed E-state index contributed by atoms with van der Waals surface area (Å²) in [5, 5.41) is 0. The summed E-state index contributed by atoms with van der Waals surface area (Å²) in [6.07, 6.45) is 0. The van der Waals surface area contributed by atoms with Crippen LogP contribution in [0.5, 0.6) is 0 Å². The van der Waals surface area contributed by atoms with Crippen LogP contribution in [-0.4, -0.2) is 21.0 Å². The number of hydrogen-bond acceptors (Lipinski definition) is 3. The van der Waals surface area contributed by atoms with Gasteiger partial charge in [-0.15, -0.1) is 0 Å². The van der Waals surface area contributed by atoms with E-state index in [1.807, 2.05) is 18.2 Å². The van der Waals surface area contributed by atoms with E-state index in [4.69, 9.17) is 0 Å². The first-order valence-electron chi connectivity index (χ1n) is 9.23. The third kappa shape index (κ3) is 3.36. The number of nitrogens with zero attached hydrogens (tertiary/aromatic N) is 1. The highest BCUT2D eigenvalue weighted by Gasteiger charge is 2.37.